The maximum atomic E-state index is 13.3. The fraction of sp³-hybridized carbons (Fsp3) is 0.280. The molecule has 0 spiro atoms. The number of nitrogens with zero attached hydrogens (tertiary/aromatic N) is 3. The van der Waals surface area contributed by atoms with Crippen LogP contribution in [0.5, 0.6) is 5.75 Å². The van der Waals surface area contributed by atoms with Crippen molar-refractivity contribution >= 4 is 11.8 Å². The van der Waals surface area contributed by atoms with Gasteiger partial charge in [-0.25, -0.2) is 4.39 Å². The molecular weight excluding hydrogens is 447 g/mol. The van der Waals surface area contributed by atoms with E-state index in [1.54, 1.807) is 28.0 Å². The Morgan fingerprint density at radius 2 is 1.50 bits per heavy atom. The van der Waals surface area contributed by atoms with Crippen LogP contribution >= 0.6 is 0 Å². The van der Waals surface area contributed by atoms with E-state index in [-0.39, 0.29) is 28.9 Å². The Balaban J connectivity index is 1.44. The van der Waals surface area contributed by atoms with Crippen LogP contribution in [-0.2, 0) is 0 Å². The Kier molecular flexibility index (Phi) is 6.63. The van der Waals surface area contributed by atoms with E-state index >= 15 is 0 Å². The number of hydrogen-bond acceptors (Lipinski definition) is 3. The molecule has 0 atom stereocenters. The number of ether oxygens (including phenoxy) is 1. The minimum atomic E-state index is -2.97. The Morgan fingerprint density at radius 1 is 0.882 bits per heavy atom. The molecule has 2 heterocycles. The summed E-state index contributed by atoms with van der Waals surface area (Å²) in [6.45, 7) is 2.09. The van der Waals surface area contributed by atoms with Gasteiger partial charge in [0.1, 0.15) is 11.6 Å². The number of carbonyl (C=O) groups excluding carboxylic acids is 2. The maximum absolute atomic E-state index is 13.3. The third-order valence-corrected chi connectivity index (χ3v) is 5.91. The molecule has 1 saturated heterocycles. The Labute approximate surface area is 195 Å². The first-order chi connectivity index (χ1) is 16.2. The summed E-state index contributed by atoms with van der Waals surface area (Å²) in [5.41, 5.74) is 3.18. The molecule has 0 unspecified atom stereocenters. The number of aromatic nitrogens is 1. The second-order valence-electron chi connectivity index (χ2n) is 8.09. The van der Waals surface area contributed by atoms with Crippen molar-refractivity contribution in [1.82, 2.24) is 14.4 Å². The number of benzene rings is 2. The van der Waals surface area contributed by atoms with E-state index in [0.29, 0.717) is 31.7 Å². The van der Waals surface area contributed by atoms with Gasteiger partial charge in [-0.3, -0.25) is 9.59 Å². The molecule has 1 aliphatic heterocycles. The molecule has 1 aliphatic rings. The lowest BCUT2D eigenvalue weighted by molar-refractivity contribution is -0.0499. The highest BCUT2D eigenvalue weighted by Crippen LogP contribution is 2.23. The summed E-state index contributed by atoms with van der Waals surface area (Å²) in [6, 6.07) is 13.6. The van der Waals surface area contributed by atoms with Crippen molar-refractivity contribution in [2.75, 3.05) is 26.2 Å². The van der Waals surface area contributed by atoms with E-state index in [4.69, 9.17) is 0 Å². The molecule has 0 saturated carbocycles. The van der Waals surface area contributed by atoms with Crippen molar-refractivity contribution in [3.05, 3.63) is 82.9 Å². The first-order valence-electron chi connectivity index (χ1n) is 10.8. The molecule has 0 N–H and O–H groups in total. The van der Waals surface area contributed by atoms with E-state index in [0.717, 1.165) is 17.1 Å². The normalized spacial score (nSPS) is 13.9. The number of amides is 2. The molecule has 4 rings (SSSR count). The van der Waals surface area contributed by atoms with Crippen LogP contribution in [0.25, 0.3) is 5.69 Å². The number of rotatable bonds is 5. The standard InChI is InChI=1S/C25H24F3N3O3/c1-16-14-22(17(2)31(16)20-8-6-19(26)7-9-20)24(33)30-12-10-29(11-13-30)23(32)18-4-3-5-21(15-18)34-25(27)28/h3-9,14-15,25H,10-13H2,1-2H3. The molecule has 3 aromatic rings. The van der Waals surface area contributed by atoms with Crippen LogP contribution in [-0.4, -0.2) is 59.0 Å². The Hall–Kier alpha value is -3.75. The molecule has 0 radical (unpaired) electrons. The van der Waals surface area contributed by atoms with Gasteiger partial charge in [-0.1, -0.05) is 6.07 Å². The summed E-state index contributed by atoms with van der Waals surface area (Å²) in [4.78, 5) is 29.3. The second-order valence-corrected chi connectivity index (χ2v) is 8.09. The number of aryl methyl sites for hydroxylation is 1. The topological polar surface area (TPSA) is 54.8 Å². The third kappa shape index (κ3) is 4.78. The molecule has 178 valence electrons. The van der Waals surface area contributed by atoms with Crippen LogP contribution in [0.1, 0.15) is 32.1 Å². The summed E-state index contributed by atoms with van der Waals surface area (Å²) in [7, 11) is 0. The lowest BCUT2D eigenvalue weighted by Gasteiger charge is -2.35. The van der Waals surface area contributed by atoms with E-state index in [2.05, 4.69) is 4.74 Å². The molecular formula is C25H24F3N3O3. The predicted molar refractivity (Wildman–Crippen MR) is 120 cm³/mol. The molecule has 2 aromatic carbocycles. The predicted octanol–water partition coefficient (Wildman–Crippen LogP) is 4.43. The third-order valence-electron chi connectivity index (χ3n) is 5.91. The van der Waals surface area contributed by atoms with Gasteiger partial charge in [-0.05, 0) is 62.4 Å². The smallest absolute Gasteiger partial charge is 0.387 e. The highest BCUT2D eigenvalue weighted by Gasteiger charge is 2.28. The monoisotopic (exact) mass is 471 g/mol. The van der Waals surface area contributed by atoms with Gasteiger partial charge < -0.3 is 19.1 Å². The zero-order valence-electron chi connectivity index (χ0n) is 18.8. The van der Waals surface area contributed by atoms with Crippen LogP contribution in [0.3, 0.4) is 0 Å². The quantitative estimate of drug-likeness (QED) is 0.553. The van der Waals surface area contributed by atoms with Crippen molar-refractivity contribution in [3.8, 4) is 11.4 Å². The average molecular weight is 471 g/mol. The number of halogens is 3. The highest BCUT2D eigenvalue weighted by atomic mass is 19.3. The van der Waals surface area contributed by atoms with Crippen LogP contribution in [0, 0.1) is 19.7 Å². The van der Waals surface area contributed by atoms with Crippen molar-refractivity contribution in [2.45, 2.75) is 20.5 Å². The zero-order valence-corrected chi connectivity index (χ0v) is 18.8. The fourth-order valence-electron chi connectivity index (χ4n) is 4.24. The molecule has 0 bridgehead atoms. The summed E-state index contributed by atoms with van der Waals surface area (Å²) in [5, 5.41) is 0. The van der Waals surface area contributed by atoms with Crippen LogP contribution in [0.15, 0.2) is 54.6 Å². The molecule has 1 fully saturated rings. The zero-order chi connectivity index (χ0) is 24.4. The van der Waals surface area contributed by atoms with Crippen LogP contribution in [0.4, 0.5) is 13.2 Å². The van der Waals surface area contributed by atoms with Crippen LogP contribution in [0.2, 0.25) is 0 Å². The number of carbonyl (C=O) groups is 2. The number of hydrogen-bond donors (Lipinski definition) is 0. The summed E-state index contributed by atoms with van der Waals surface area (Å²) >= 11 is 0. The van der Waals surface area contributed by atoms with Crippen LogP contribution < -0.4 is 4.74 Å². The van der Waals surface area contributed by atoms with Gasteiger partial charge in [0, 0.05) is 48.8 Å². The van der Waals surface area contributed by atoms with Gasteiger partial charge in [0.2, 0.25) is 0 Å². The molecule has 1 aromatic heterocycles. The molecule has 6 nitrogen and oxygen atoms in total. The van der Waals surface area contributed by atoms with E-state index < -0.39 is 6.61 Å². The minimum absolute atomic E-state index is 0.0776. The molecule has 34 heavy (non-hydrogen) atoms. The Morgan fingerprint density at radius 3 is 2.12 bits per heavy atom. The van der Waals surface area contributed by atoms with E-state index in [1.807, 2.05) is 24.5 Å². The lowest BCUT2D eigenvalue weighted by Crippen LogP contribution is -2.50. The van der Waals surface area contributed by atoms with Gasteiger partial charge in [0.25, 0.3) is 11.8 Å². The first kappa shape index (κ1) is 23.4. The van der Waals surface area contributed by atoms with Gasteiger partial charge in [0.05, 0.1) is 5.56 Å². The van der Waals surface area contributed by atoms with Crippen molar-refractivity contribution in [1.29, 1.82) is 0 Å². The van der Waals surface area contributed by atoms with Gasteiger partial charge in [0.15, 0.2) is 0 Å². The number of piperazine rings is 1. The average Bonchev–Trinajstić information content (AvgIpc) is 3.12. The van der Waals surface area contributed by atoms with Gasteiger partial charge in [-0.2, -0.15) is 8.78 Å². The van der Waals surface area contributed by atoms with Crippen molar-refractivity contribution < 1.29 is 27.5 Å². The largest absolute Gasteiger partial charge is 0.435 e. The summed E-state index contributed by atoms with van der Waals surface area (Å²) in [5.74, 6) is -0.850. The number of alkyl halides is 2. The second kappa shape index (κ2) is 9.62. The van der Waals surface area contributed by atoms with Gasteiger partial charge in [-0.15, -0.1) is 0 Å². The fourth-order valence-corrected chi connectivity index (χ4v) is 4.24. The first-order valence-corrected chi connectivity index (χ1v) is 10.8. The Bertz CT molecular complexity index is 1200. The molecule has 2 amide bonds. The van der Waals surface area contributed by atoms with Crippen molar-refractivity contribution in [2.24, 2.45) is 0 Å². The molecule has 0 aliphatic carbocycles. The summed E-state index contributed by atoms with van der Waals surface area (Å²) in [6.07, 6.45) is 0. The SMILES string of the molecule is Cc1cc(C(=O)N2CCN(C(=O)c3cccc(OC(F)F)c3)CC2)c(C)n1-c1ccc(F)cc1. The van der Waals surface area contributed by atoms with Gasteiger partial charge >= 0.3 is 6.61 Å². The maximum Gasteiger partial charge on any atom is 0.387 e. The lowest BCUT2D eigenvalue weighted by atomic mass is 10.1. The van der Waals surface area contributed by atoms with E-state index in [9.17, 15) is 22.8 Å². The summed E-state index contributed by atoms with van der Waals surface area (Å²) < 4.78 is 44.5. The highest BCUT2D eigenvalue weighted by molar-refractivity contribution is 5.97. The van der Waals surface area contributed by atoms with Crippen molar-refractivity contribution in [3.63, 3.8) is 0 Å². The molecule has 9 heteroatoms. The minimum Gasteiger partial charge on any atom is -0.435 e. The van der Waals surface area contributed by atoms with E-state index in [1.165, 1.54) is 30.3 Å².